The van der Waals surface area contributed by atoms with Gasteiger partial charge in [0, 0.05) is 10.7 Å². The molecule has 1 aliphatic rings. The molecule has 0 unspecified atom stereocenters. The first kappa shape index (κ1) is 16.2. The lowest BCUT2D eigenvalue weighted by Crippen LogP contribution is -2.49. The van der Waals surface area contributed by atoms with Crippen molar-refractivity contribution in [1.82, 2.24) is 0 Å². The number of rotatable bonds is 5. The van der Waals surface area contributed by atoms with E-state index in [1.54, 1.807) is 0 Å². The Morgan fingerprint density at radius 1 is 1.43 bits per heavy atom. The third-order valence-corrected chi connectivity index (χ3v) is 4.68. The van der Waals surface area contributed by atoms with E-state index in [1.165, 1.54) is 20.0 Å². The van der Waals surface area contributed by atoms with Gasteiger partial charge in [0.15, 0.2) is 0 Å². The Morgan fingerprint density at radius 3 is 2.71 bits per heavy atom. The van der Waals surface area contributed by atoms with Gasteiger partial charge in [-0.2, -0.15) is 0 Å². The molecule has 1 aromatic rings. The molecule has 0 aromatic heterocycles. The summed E-state index contributed by atoms with van der Waals surface area (Å²) in [7, 11) is 1.46. The lowest BCUT2D eigenvalue weighted by Gasteiger charge is -2.39. The topological polar surface area (TPSA) is 38.3 Å². The second-order valence-electron chi connectivity index (χ2n) is 5.94. The molecule has 1 fully saturated rings. The van der Waals surface area contributed by atoms with Crippen LogP contribution in [0.2, 0.25) is 5.02 Å². The number of methoxy groups -OCH3 is 1. The highest BCUT2D eigenvalue weighted by Gasteiger charge is 2.42. The van der Waals surface area contributed by atoms with Crippen LogP contribution in [0.15, 0.2) is 24.3 Å². The molecule has 1 aromatic carbocycles. The summed E-state index contributed by atoms with van der Waals surface area (Å²) in [5.41, 5.74) is 0.269. The molecule has 0 bridgehead atoms. The van der Waals surface area contributed by atoms with Gasteiger partial charge in [-0.15, -0.1) is 0 Å². The van der Waals surface area contributed by atoms with Gasteiger partial charge >= 0.3 is 5.97 Å². The standard InChI is InChI=1S/C17H24ClNO2/c1-3-5-13-8-10-17(11-9-13,16(20)21-2)19-15-7-4-6-14(18)12-15/h4,6-7,12-13,19H,3,5,8-11H2,1-2H3. The zero-order valence-electron chi connectivity index (χ0n) is 12.8. The van der Waals surface area contributed by atoms with E-state index in [4.69, 9.17) is 16.3 Å². The number of hydrogen-bond donors (Lipinski definition) is 1. The molecule has 4 heteroatoms. The van der Waals surface area contributed by atoms with Gasteiger partial charge in [-0.05, 0) is 49.8 Å². The van der Waals surface area contributed by atoms with Crippen molar-refractivity contribution in [3.8, 4) is 0 Å². The van der Waals surface area contributed by atoms with Crippen LogP contribution in [0.5, 0.6) is 0 Å². The Hall–Kier alpha value is -1.22. The van der Waals surface area contributed by atoms with Crippen LogP contribution in [0.4, 0.5) is 5.69 Å². The van der Waals surface area contributed by atoms with Crippen molar-refractivity contribution < 1.29 is 9.53 Å². The minimum Gasteiger partial charge on any atom is -0.467 e. The summed E-state index contributed by atoms with van der Waals surface area (Å²) in [6.45, 7) is 2.21. The first-order chi connectivity index (χ1) is 10.1. The third kappa shape index (κ3) is 3.91. The third-order valence-electron chi connectivity index (χ3n) is 4.44. The van der Waals surface area contributed by atoms with E-state index in [1.807, 2.05) is 24.3 Å². The number of hydrogen-bond acceptors (Lipinski definition) is 3. The van der Waals surface area contributed by atoms with Crippen molar-refractivity contribution in [2.45, 2.75) is 51.0 Å². The number of esters is 1. The van der Waals surface area contributed by atoms with Crippen LogP contribution < -0.4 is 5.32 Å². The van der Waals surface area contributed by atoms with Crippen molar-refractivity contribution in [3.63, 3.8) is 0 Å². The summed E-state index contributed by atoms with van der Waals surface area (Å²) in [6.07, 6.45) is 6.22. The van der Waals surface area contributed by atoms with Gasteiger partial charge in [0.1, 0.15) is 5.54 Å². The fourth-order valence-electron chi connectivity index (χ4n) is 3.29. The van der Waals surface area contributed by atoms with Gasteiger partial charge in [0.2, 0.25) is 0 Å². The van der Waals surface area contributed by atoms with E-state index < -0.39 is 5.54 Å². The second kappa shape index (κ2) is 7.17. The summed E-state index contributed by atoms with van der Waals surface area (Å²) < 4.78 is 5.06. The van der Waals surface area contributed by atoms with Crippen LogP contribution in [0.25, 0.3) is 0 Å². The molecule has 0 radical (unpaired) electrons. The normalized spacial score (nSPS) is 25.4. The average Bonchev–Trinajstić information content (AvgIpc) is 2.49. The molecule has 0 atom stereocenters. The van der Waals surface area contributed by atoms with Gasteiger partial charge in [0.25, 0.3) is 0 Å². The molecule has 0 aliphatic heterocycles. The Balaban J connectivity index is 2.14. The summed E-state index contributed by atoms with van der Waals surface area (Å²) in [5, 5.41) is 4.06. The first-order valence-corrected chi connectivity index (χ1v) is 8.09. The molecular weight excluding hydrogens is 286 g/mol. The molecule has 2 rings (SSSR count). The molecule has 1 saturated carbocycles. The number of halogens is 1. The molecule has 0 heterocycles. The fourth-order valence-corrected chi connectivity index (χ4v) is 3.48. The van der Waals surface area contributed by atoms with Gasteiger partial charge in [0.05, 0.1) is 7.11 Å². The van der Waals surface area contributed by atoms with Crippen molar-refractivity contribution >= 4 is 23.3 Å². The maximum absolute atomic E-state index is 12.3. The van der Waals surface area contributed by atoms with Gasteiger partial charge < -0.3 is 10.1 Å². The number of carbonyl (C=O) groups is 1. The lowest BCUT2D eigenvalue weighted by molar-refractivity contribution is -0.147. The van der Waals surface area contributed by atoms with E-state index >= 15 is 0 Å². The molecule has 1 aliphatic carbocycles. The highest BCUT2D eigenvalue weighted by atomic mass is 35.5. The van der Waals surface area contributed by atoms with Crippen molar-refractivity contribution in [1.29, 1.82) is 0 Å². The lowest BCUT2D eigenvalue weighted by atomic mass is 9.75. The van der Waals surface area contributed by atoms with Crippen LogP contribution in [-0.4, -0.2) is 18.6 Å². The number of ether oxygens (including phenoxy) is 1. The first-order valence-electron chi connectivity index (χ1n) is 7.72. The Labute approximate surface area is 132 Å². The van der Waals surface area contributed by atoms with Gasteiger partial charge in [-0.25, -0.2) is 4.79 Å². The van der Waals surface area contributed by atoms with Crippen molar-refractivity contribution in [3.05, 3.63) is 29.3 Å². The van der Waals surface area contributed by atoms with Crippen molar-refractivity contribution in [2.75, 3.05) is 12.4 Å². The molecule has 21 heavy (non-hydrogen) atoms. The number of benzene rings is 1. The Morgan fingerprint density at radius 2 is 2.14 bits per heavy atom. The Bertz CT molecular complexity index is 481. The largest absolute Gasteiger partial charge is 0.467 e. The Kier molecular flexibility index (Phi) is 5.51. The van der Waals surface area contributed by atoms with E-state index in [2.05, 4.69) is 12.2 Å². The molecule has 3 nitrogen and oxygen atoms in total. The summed E-state index contributed by atoms with van der Waals surface area (Å²) in [4.78, 5) is 12.3. The maximum Gasteiger partial charge on any atom is 0.331 e. The molecule has 0 saturated heterocycles. The van der Waals surface area contributed by atoms with Crippen LogP contribution in [0.1, 0.15) is 45.4 Å². The van der Waals surface area contributed by atoms with Crippen LogP contribution in [0.3, 0.4) is 0 Å². The van der Waals surface area contributed by atoms with Gasteiger partial charge in [-0.3, -0.25) is 0 Å². The predicted octanol–water partition coefficient (Wildman–Crippen LogP) is 4.65. The smallest absolute Gasteiger partial charge is 0.331 e. The molecule has 0 amide bonds. The zero-order chi connectivity index (χ0) is 15.3. The second-order valence-corrected chi connectivity index (χ2v) is 6.38. The summed E-state index contributed by atoms with van der Waals surface area (Å²) >= 11 is 6.03. The van der Waals surface area contributed by atoms with E-state index in [-0.39, 0.29) is 5.97 Å². The van der Waals surface area contributed by atoms with Crippen molar-refractivity contribution in [2.24, 2.45) is 5.92 Å². The number of nitrogens with one attached hydrogen (secondary N) is 1. The van der Waals surface area contributed by atoms with E-state index in [9.17, 15) is 4.79 Å². The van der Waals surface area contributed by atoms with Gasteiger partial charge in [-0.1, -0.05) is 37.4 Å². The molecular formula is C17H24ClNO2. The molecule has 0 spiro atoms. The van der Waals surface area contributed by atoms with E-state index in [0.29, 0.717) is 5.02 Å². The fraction of sp³-hybridized carbons (Fsp3) is 0.588. The number of anilines is 1. The SMILES string of the molecule is CCCC1CCC(Nc2cccc(Cl)c2)(C(=O)OC)CC1. The summed E-state index contributed by atoms with van der Waals surface area (Å²) in [5.74, 6) is 0.561. The average molecular weight is 310 g/mol. The zero-order valence-corrected chi connectivity index (χ0v) is 13.6. The van der Waals surface area contributed by atoms with E-state index in [0.717, 1.165) is 37.3 Å². The van der Waals surface area contributed by atoms with Crippen LogP contribution >= 0.6 is 11.6 Å². The monoisotopic (exact) mass is 309 g/mol. The van der Waals surface area contributed by atoms with Crippen LogP contribution in [0, 0.1) is 5.92 Å². The highest BCUT2D eigenvalue weighted by Crippen LogP contribution is 2.37. The predicted molar refractivity (Wildman–Crippen MR) is 86.7 cm³/mol. The molecule has 1 N–H and O–H groups in total. The molecule has 116 valence electrons. The van der Waals surface area contributed by atoms with Crippen LogP contribution in [-0.2, 0) is 9.53 Å². The number of carbonyl (C=O) groups excluding carboxylic acids is 1. The maximum atomic E-state index is 12.3. The highest BCUT2D eigenvalue weighted by molar-refractivity contribution is 6.30. The summed E-state index contributed by atoms with van der Waals surface area (Å²) in [6, 6.07) is 7.51. The quantitative estimate of drug-likeness (QED) is 0.804. The minimum atomic E-state index is -0.607. The minimum absolute atomic E-state index is 0.169.